The van der Waals surface area contributed by atoms with Crippen LogP contribution in [0.1, 0.15) is 11.4 Å². The van der Waals surface area contributed by atoms with E-state index in [9.17, 15) is 26.4 Å². The van der Waals surface area contributed by atoms with Gasteiger partial charge in [-0.15, -0.1) is 0 Å². The van der Waals surface area contributed by atoms with Crippen LogP contribution in [0.25, 0.3) is 10.9 Å². The Bertz CT molecular complexity index is 1370. The Hall–Kier alpha value is -2.18. The number of hydrogen-bond acceptors (Lipinski definition) is 5. The Morgan fingerprint density at radius 3 is 2.39 bits per heavy atom. The van der Waals surface area contributed by atoms with Crippen molar-refractivity contribution in [3.63, 3.8) is 0 Å². The molecule has 0 spiro atoms. The predicted molar refractivity (Wildman–Crippen MR) is 118 cm³/mol. The third-order valence-electron chi connectivity index (χ3n) is 5.30. The van der Waals surface area contributed by atoms with E-state index in [0.29, 0.717) is 13.1 Å². The van der Waals surface area contributed by atoms with Crippen molar-refractivity contribution in [3.8, 4) is 0 Å². The minimum Gasteiger partial charge on any atom is -0.309 e. The summed E-state index contributed by atoms with van der Waals surface area (Å²) in [6, 6.07) is 6.98. The average molecular weight is 521 g/mol. The molecule has 0 saturated carbocycles. The molecule has 1 N–H and O–H groups in total. The van der Waals surface area contributed by atoms with E-state index in [4.69, 9.17) is 23.2 Å². The molecule has 0 atom stereocenters. The van der Waals surface area contributed by atoms with Gasteiger partial charge in [0.15, 0.2) is 0 Å². The van der Waals surface area contributed by atoms with Gasteiger partial charge in [-0.1, -0.05) is 23.2 Å². The standard InChI is InChI=1S/C20H17Cl2F3N4O3S/c21-13-2-4-15(22)17(10-13)33(31,32)29-7-5-28(6-8-29)11-18-26-16-9-12(20(23,24)25)1-3-14(16)19(30)27-18/h1-4,9-10H,5-8,11H2,(H,26,27,30). The highest BCUT2D eigenvalue weighted by molar-refractivity contribution is 7.89. The van der Waals surface area contributed by atoms with Gasteiger partial charge in [-0.05, 0) is 36.4 Å². The van der Waals surface area contributed by atoms with Crippen LogP contribution in [0.2, 0.25) is 10.0 Å². The highest BCUT2D eigenvalue weighted by Gasteiger charge is 2.32. The van der Waals surface area contributed by atoms with Gasteiger partial charge < -0.3 is 4.98 Å². The fraction of sp³-hybridized carbons (Fsp3) is 0.300. The van der Waals surface area contributed by atoms with Crippen molar-refractivity contribution >= 4 is 44.1 Å². The van der Waals surface area contributed by atoms with Crippen LogP contribution >= 0.6 is 23.2 Å². The molecule has 0 aliphatic carbocycles. The van der Waals surface area contributed by atoms with Gasteiger partial charge in [0.05, 0.1) is 28.0 Å². The molecule has 0 radical (unpaired) electrons. The van der Waals surface area contributed by atoms with Crippen LogP contribution in [0.15, 0.2) is 46.1 Å². The van der Waals surface area contributed by atoms with Gasteiger partial charge in [0.2, 0.25) is 10.0 Å². The molecule has 0 unspecified atom stereocenters. The second kappa shape index (κ2) is 8.88. The number of rotatable bonds is 4. The second-order valence-corrected chi connectivity index (χ2v) is 10.2. The zero-order valence-electron chi connectivity index (χ0n) is 16.9. The third-order valence-corrected chi connectivity index (χ3v) is 7.91. The molecule has 0 bridgehead atoms. The largest absolute Gasteiger partial charge is 0.416 e. The number of halogens is 5. The summed E-state index contributed by atoms with van der Waals surface area (Å²) >= 11 is 12.0. The number of piperazine rings is 1. The number of H-pyrrole nitrogens is 1. The molecular weight excluding hydrogens is 504 g/mol. The number of aromatic amines is 1. The molecule has 0 amide bonds. The predicted octanol–water partition coefficient (Wildman–Crippen LogP) is 3.76. The number of aromatic nitrogens is 2. The van der Waals surface area contributed by atoms with Crippen LogP contribution in [0.4, 0.5) is 13.2 Å². The molecule has 176 valence electrons. The number of hydrogen-bond donors (Lipinski definition) is 1. The molecule has 2 heterocycles. The van der Waals surface area contributed by atoms with E-state index < -0.39 is 27.3 Å². The first-order valence-electron chi connectivity index (χ1n) is 9.73. The van der Waals surface area contributed by atoms with Gasteiger partial charge in [-0.3, -0.25) is 9.69 Å². The second-order valence-electron chi connectivity index (χ2n) is 7.50. The lowest BCUT2D eigenvalue weighted by molar-refractivity contribution is -0.137. The van der Waals surface area contributed by atoms with Gasteiger partial charge in [0, 0.05) is 31.2 Å². The van der Waals surface area contributed by atoms with Gasteiger partial charge in [0.25, 0.3) is 5.56 Å². The lowest BCUT2D eigenvalue weighted by Crippen LogP contribution is -2.48. The first kappa shape index (κ1) is 24.0. The molecule has 7 nitrogen and oxygen atoms in total. The van der Waals surface area contributed by atoms with E-state index in [1.54, 1.807) is 0 Å². The Labute approximate surface area is 196 Å². The SMILES string of the molecule is O=c1[nH]c(CN2CCN(S(=O)(=O)c3cc(Cl)ccc3Cl)CC2)nc2cc(C(F)(F)F)ccc12. The molecule has 13 heteroatoms. The number of fused-ring (bicyclic) bond motifs is 1. The van der Waals surface area contributed by atoms with Crippen LogP contribution in [-0.2, 0) is 22.7 Å². The lowest BCUT2D eigenvalue weighted by atomic mass is 10.1. The maximum Gasteiger partial charge on any atom is 0.416 e. The van der Waals surface area contributed by atoms with Crippen molar-refractivity contribution in [3.05, 3.63) is 68.2 Å². The van der Waals surface area contributed by atoms with Crippen LogP contribution in [0.5, 0.6) is 0 Å². The Morgan fingerprint density at radius 2 is 1.73 bits per heavy atom. The van der Waals surface area contributed by atoms with E-state index in [-0.39, 0.29) is 51.3 Å². The normalized spacial score (nSPS) is 16.4. The maximum atomic E-state index is 13.0. The molecule has 1 aliphatic heterocycles. The van der Waals surface area contributed by atoms with E-state index in [2.05, 4.69) is 9.97 Å². The molecular formula is C20H17Cl2F3N4O3S. The summed E-state index contributed by atoms with van der Waals surface area (Å²) in [6.45, 7) is 1.10. The first-order chi connectivity index (χ1) is 15.4. The first-order valence-corrected chi connectivity index (χ1v) is 11.9. The Kier molecular flexibility index (Phi) is 6.45. The highest BCUT2D eigenvalue weighted by atomic mass is 35.5. The maximum absolute atomic E-state index is 13.0. The molecule has 33 heavy (non-hydrogen) atoms. The van der Waals surface area contributed by atoms with Crippen molar-refractivity contribution < 1.29 is 21.6 Å². The molecule has 3 aromatic rings. The minimum atomic E-state index is -4.55. The van der Waals surface area contributed by atoms with E-state index >= 15 is 0 Å². The summed E-state index contributed by atoms with van der Waals surface area (Å²) in [6.07, 6.45) is -4.55. The summed E-state index contributed by atoms with van der Waals surface area (Å²) in [5.74, 6) is 0.195. The summed E-state index contributed by atoms with van der Waals surface area (Å²) in [7, 11) is -3.86. The van der Waals surface area contributed by atoms with E-state index in [0.717, 1.165) is 18.2 Å². The Balaban J connectivity index is 1.50. The molecule has 1 aromatic heterocycles. The van der Waals surface area contributed by atoms with Crippen molar-refractivity contribution in [2.45, 2.75) is 17.6 Å². The molecule has 4 rings (SSSR count). The number of sulfonamides is 1. The summed E-state index contributed by atoms with van der Waals surface area (Å²) in [5, 5.41) is 0.371. The van der Waals surface area contributed by atoms with Gasteiger partial charge in [-0.25, -0.2) is 13.4 Å². The van der Waals surface area contributed by atoms with Crippen LogP contribution in [-0.4, -0.2) is 53.8 Å². The topological polar surface area (TPSA) is 86.4 Å². The van der Waals surface area contributed by atoms with Crippen LogP contribution in [0, 0.1) is 0 Å². The van der Waals surface area contributed by atoms with Crippen LogP contribution < -0.4 is 5.56 Å². The third kappa shape index (κ3) is 5.02. The molecule has 1 aliphatic rings. The minimum absolute atomic E-state index is 0.0552. The van der Waals surface area contributed by atoms with Crippen molar-refractivity contribution in [1.29, 1.82) is 0 Å². The molecule has 2 aromatic carbocycles. The van der Waals surface area contributed by atoms with E-state index in [1.165, 1.54) is 22.5 Å². The fourth-order valence-electron chi connectivity index (χ4n) is 3.59. The smallest absolute Gasteiger partial charge is 0.309 e. The van der Waals surface area contributed by atoms with Crippen LogP contribution in [0.3, 0.4) is 0 Å². The fourth-order valence-corrected chi connectivity index (χ4v) is 5.75. The number of alkyl halides is 3. The Morgan fingerprint density at radius 1 is 1.03 bits per heavy atom. The zero-order chi connectivity index (χ0) is 24.0. The van der Waals surface area contributed by atoms with Crippen molar-refractivity contribution in [2.24, 2.45) is 0 Å². The monoisotopic (exact) mass is 520 g/mol. The lowest BCUT2D eigenvalue weighted by Gasteiger charge is -2.33. The van der Waals surface area contributed by atoms with Crippen molar-refractivity contribution in [1.82, 2.24) is 19.2 Å². The summed E-state index contributed by atoms with van der Waals surface area (Å²) < 4.78 is 66.2. The van der Waals surface area contributed by atoms with Gasteiger partial charge in [0.1, 0.15) is 10.7 Å². The van der Waals surface area contributed by atoms with Gasteiger partial charge in [-0.2, -0.15) is 17.5 Å². The van der Waals surface area contributed by atoms with E-state index in [1.807, 2.05) is 4.90 Å². The zero-order valence-corrected chi connectivity index (χ0v) is 19.2. The average Bonchev–Trinajstić information content (AvgIpc) is 2.75. The highest BCUT2D eigenvalue weighted by Crippen LogP contribution is 2.31. The molecule has 1 fully saturated rings. The number of benzene rings is 2. The number of nitrogens with one attached hydrogen (secondary N) is 1. The summed E-state index contributed by atoms with van der Waals surface area (Å²) in [5.41, 5.74) is -1.49. The summed E-state index contributed by atoms with van der Waals surface area (Å²) in [4.78, 5) is 20.8. The quantitative estimate of drug-likeness (QED) is 0.566. The number of nitrogens with zero attached hydrogens (tertiary/aromatic N) is 3. The molecule has 1 saturated heterocycles. The van der Waals surface area contributed by atoms with Gasteiger partial charge >= 0.3 is 6.18 Å². The van der Waals surface area contributed by atoms with Crippen molar-refractivity contribution in [2.75, 3.05) is 26.2 Å².